The summed E-state index contributed by atoms with van der Waals surface area (Å²) in [6.07, 6.45) is 76.2. The first-order valence-electron chi connectivity index (χ1n) is 34.6. The lowest BCUT2D eigenvalue weighted by Gasteiger charge is -2.26. The summed E-state index contributed by atoms with van der Waals surface area (Å²) in [6, 6.07) is -0.756. The van der Waals surface area contributed by atoms with Gasteiger partial charge in [-0.25, -0.2) is 4.57 Å². The van der Waals surface area contributed by atoms with Gasteiger partial charge < -0.3 is 19.8 Å². The molecule has 0 spiro atoms. The van der Waals surface area contributed by atoms with Crippen molar-refractivity contribution in [1.29, 1.82) is 0 Å². The van der Waals surface area contributed by atoms with Crippen molar-refractivity contribution in [1.82, 2.24) is 5.32 Å². The number of nitrogens with zero attached hydrogens (tertiary/aromatic N) is 1. The van der Waals surface area contributed by atoms with E-state index in [-0.39, 0.29) is 19.1 Å². The van der Waals surface area contributed by atoms with Crippen LogP contribution in [0.2, 0.25) is 0 Å². The Balaban J connectivity index is 3.79. The number of carbonyl (C=O) groups is 1. The third kappa shape index (κ3) is 62.7. The molecule has 0 aliphatic rings. The predicted molar refractivity (Wildman–Crippen MR) is 337 cm³/mol. The van der Waals surface area contributed by atoms with Gasteiger partial charge in [0, 0.05) is 6.42 Å². The Morgan fingerprint density at radius 1 is 0.429 bits per heavy atom. The first-order chi connectivity index (χ1) is 37.5. The number of phosphoric ester groups is 1. The molecule has 0 rings (SSSR count). The summed E-state index contributed by atoms with van der Waals surface area (Å²) in [4.78, 5) is 23.4. The SMILES string of the molecule is CCCCCCCCCC/C=C\CCCCCCCCCCCCCCCCCCCCCCCCCCCCCCCC(=O)NC(COP(=O)(O)OCC[N+](C)(C)C)C(O)CCCCCCCCCCCCCCCC. The van der Waals surface area contributed by atoms with Gasteiger partial charge in [-0.2, -0.15) is 0 Å². The van der Waals surface area contributed by atoms with E-state index in [0.717, 1.165) is 38.5 Å². The summed E-state index contributed by atoms with van der Waals surface area (Å²) < 4.78 is 23.8. The molecule has 0 saturated carbocycles. The third-order valence-corrected chi connectivity index (χ3v) is 17.2. The van der Waals surface area contributed by atoms with E-state index in [0.29, 0.717) is 23.9 Å². The Bertz CT molecular complexity index is 1260. The quantitative estimate of drug-likeness (QED) is 0.0243. The van der Waals surface area contributed by atoms with Crippen LogP contribution in [-0.4, -0.2) is 73.4 Å². The lowest BCUT2D eigenvalue weighted by atomic mass is 10.0. The summed E-state index contributed by atoms with van der Waals surface area (Å²) in [5.41, 5.74) is 0. The molecule has 77 heavy (non-hydrogen) atoms. The lowest BCUT2D eigenvalue weighted by Crippen LogP contribution is -2.46. The number of hydrogen-bond acceptors (Lipinski definition) is 5. The predicted octanol–water partition coefficient (Wildman–Crippen LogP) is 21.7. The Kier molecular flexibility index (Phi) is 59.3. The van der Waals surface area contributed by atoms with E-state index in [2.05, 4.69) is 31.3 Å². The van der Waals surface area contributed by atoms with Crippen LogP contribution in [0.5, 0.6) is 0 Å². The number of aliphatic hydroxyl groups excluding tert-OH is 1. The smallest absolute Gasteiger partial charge is 0.391 e. The van der Waals surface area contributed by atoms with Crippen LogP contribution in [0, 0.1) is 0 Å². The van der Waals surface area contributed by atoms with Gasteiger partial charge in [-0.3, -0.25) is 13.8 Å². The van der Waals surface area contributed by atoms with E-state index in [1.165, 1.54) is 302 Å². The Morgan fingerprint density at radius 3 is 1.00 bits per heavy atom. The van der Waals surface area contributed by atoms with Gasteiger partial charge in [-0.05, 0) is 38.5 Å². The van der Waals surface area contributed by atoms with Gasteiger partial charge in [0.15, 0.2) is 0 Å². The number of aliphatic hydroxyl groups is 1. The molecule has 0 saturated heterocycles. The zero-order chi connectivity index (χ0) is 56.3. The summed E-state index contributed by atoms with van der Waals surface area (Å²) in [5, 5.41) is 14.1. The van der Waals surface area contributed by atoms with Crippen molar-refractivity contribution in [2.75, 3.05) is 40.9 Å². The molecule has 0 heterocycles. The number of phosphoric acid groups is 1. The van der Waals surface area contributed by atoms with E-state index in [4.69, 9.17) is 9.05 Å². The molecule has 3 unspecified atom stereocenters. The molecule has 1 amide bonds. The van der Waals surface area contributed by atoms with Crippen molar-refractivity contribution in [3.8, 4) is 0 Å². The molecule has 3 N–H and O–H groups in total. The number of unbranched alkanes of at least 4 members (excludes halogenated alkanes) is 50. The highest BCUT2D eigenvalue weighted by Crippen LogP contribution is 2.43. The Hall–Kier alpha value is -0.760. The van der Waals surface area contributed by atoms with Gasteiger partial charge >= 0.3 is 7.82 Å². The number of allylic oxidation sites excluding steroid dienone is 2. The first kappa shape index (κ1) is 76.2. The van der Waals surface area contributed by atoms with E-state index in [1.807, 2.05) is 21.1 Å². The van der Waals surface area contributed by atoms with Crippen LogP contribution in [0.25, 0.3) is 0 Å². The van der Waals surface area contributed by atoms with Crippen LogP contribution in [-0.2, 0) is 18.4 Å². The summed E-state index contributed by atoms with van der Waals surface area (Å²) in [7, 11) is 1.64. The number of carbonyl (C=O) groups excluding carboxylic acids is 1. The number of amides is 1. The van der Waals surface area contributed by atoms with Crippen LogP contribution in [0.3, 0.4) is 0 Å². The van der Waals surface area contributed by atoms with Gasteiger partial charge in [0.1, 0.15) is 13.2 Å². The molecule has 0 aromatic heterocycles. The van der Waals surface area contributed by atoms with Crippen LogP contribution in [0.1, 0.15) is 367 Å². The zero-order valence-electron chi connectivity index (χ0n) is 52.7. The van der Waals surface area contributed by atoms with Crippen LogP contribution in [0.4, 0.5) is 0 Å². The minimum atomic E-state index is -4.32. The largest absolute Gasteiger partial charge is 0.472 e. The molecule has 9 heteroatoms. The van der Waals surface area contributed by atoms with E-state index in [9.17, 15) is 19.4 Å². The maximum Gasteiger partial charge on any atom is 0.472 e. The summed E-state index contributed by atoms with van der Waals surface area (Å²) >= 11 is 0. The second-order valence-corrected chi connectivity index (χ2v) is 26.7. The molecule has 0 aliphatic heterocycles. The van der Waals surface area contributed by atoms with E-state index < -0.39 is 20.0 Å². The fraction of sp³-hybridized carbons (Fsp3) is 0.956. The van der Waals surface area contributed by atoms with Gasteiger partial charge in [0.05, 0.1) is 39.9 Å². The second kappa shape index (κ2) is 59.8. The molecule has 460 valence electrons. The standard InChI is InChI=1S/C68H137N2O6P/c1-6-8-10-12-14-16-18-20-22-23-24-25-26-27-28-29-30-31-32-33-34-35-36-37-38-39-40-41-42-43-44-45-46-47-48-50-52-54-56-58-60-62-68(72)69-66(65-76-77(73,74)75-64-63-70(3,4)5)67(71)61-59-57-55-53-51-49-21-19-17-15-13-11-9-7-2/h23-24,66-67,71H,6-22,25-65H2,1-5H3,(H-,69,72,73,74)/p+1/b24-23-. The molecule has 8 nitrogen and oxygen atoms in total. The van der Waals surface area contributed by atoms with Gasteiger partial charge in [-0.1, -0.05) is 334 Å². The van der Waals surface area contributed by atoms with Crippen molar-refractivity contribution in [2.45, 2.75) is 379 Å². The number of quaternary nitrogens is 1. The van der Waals surface area contributed by atoms with Gasteiger partial charge in [0.2, 0.25) is 5.91 Å². The van der Waals surface area contributed by atoms with E-state index >= 15 is 0 Å². The number of rotatable bonds is 65. The number of nitrogens with one attached hydrogen (secondary N) is 1. The highest BCUT2D eigenvalue weighted by Gasteiger charge is 2.28. The highest BCUT2D eigenvalue weighted by molar-refractivity contribution is 7.47. The third-order valence-electron chi connectivity index (χ3n) is 16.3. The van der Waals surface area contributed by atoms with E-state index in [1.54, 1.807) is 0 Å². The van der Waals surface area contributed by atoms with Crippen molar-refractivity contribution >= 4 is 13.7 Å². The van der Waals surface area contributed by atoms with Crippen molar-refractivity contribution in [3.63, 3.8) is 0 Å². The highest BCUT2D eigenvalue weighted by atomic mass is 31.2. The van der Waals surface area contributed by atoms with Crippen LogP contribution in [0.15, 0.2) is 12.2 Å². The minimum Gasteiger partial charge on any atom is -0.391 e. The van der Waals surface area contributed by atoms with Crippen molar-refractivity contribution in [2.24, 2.45) is 0 Å². The van der Waals surface area contributed by atoms with Crippen LogP contribution >= 0.6 is 7.82 Å². The van der Waals surface area contributed by atoms with Gasteiger partial charge in [0.25, 0.3) is 0 Å². The van der Waals surface area contributed by atoms with Crippen molar-refractivity contribution in [3.05, 3.63) is 12.2 Å². The summed E-state index contributed by atoms with van der Waals surface area (Å²) in [6.45, 7) is 4.94. The van der Waals surface area contributed by atoms with Crippen molar-refractivity contribution < 1.29 is 32.9 Å². The zero-order valence-corrected chi connectivity index (χ0v) is 53.6. The summed E-state index contributed by atoms with van der Waals surface area (Å²) in [5.74, 6) is -0.136. The minimum absolute atomic E-state index is 0.0785. The molecular formula is C68H138N2O6P+. The average Bonchev–Trinajstić information content (AvgIpc) is 3.39. The molecule has 0 radical (unpaired) electrons. The second-order valence-electron chi connectivity index (χ2n) is 25.3. The Morgan fingerprint density at radius 2 is 0.701 bits per heavy atom. The normalized spacial score (nSPS) is 13.7. The lowest BCUT2D eigenvalue weighted by molar-refractivity contribution is -0.870. The molecule has 3 atom stereocenters. The fourth-order valence-corrected chi connectivity index (χ4v) is 11.6. The maximum absolute atomic E-state index is 13.0. The molecule has 0 fully saturated rings. The van der Waals surface area contributed by atoms with Gasteiger partial charge in [-0.15, -0.1) is 0 Å². The maximum atomic E-state index is 13.0. The molecular weight excluding hydrogens is 972 g/mol. The number of likely N-dealkylation sites (N-methyl/N-ethyl adjacent to an activating group) is 1. The fourth-order valence-electron chi connectivity index (χ4n) is 10.9. The molecule has 0 aromatic carbocycles. The molecule has 0 aromatic rings. The molecule has 0 aliphatic carbocycles. The first-order valence-corrected chi connectivity index (χ1v) is 36.0. The Labute approximate surface area is 482 Å². The molecule has 0 bridgehead atoms. The monoisotopic (exact) mass is 1110 g/mol. The average molecular weight is 1110 g/mol. The topological polar surface area (TPSA) is 105 Å². The van der Waals surface area contributed by atoms with Crippen LogP contribution < -0.4 is 5.32 Å². The number of hydrogen-bond donors (Lipinski definition) is 3.